The first-order chi connectivity index (χ1) is 9.13. The molecule has 0 rings (SSSR count). The minimum absolute atomic E-state index is 0. The predicted octanol–water partition coefficient (Wildman–Crippen LogP) is 6.32. The predicted molar refractivity (Wildman–Crippen MR) is 85.1 cm³/mol. The fourth-order valence-electron chi connectivity index (χ4n) is 2.28. The molecule has 4 heteroatoms. The summed E-state index contributed by atoms with van der Waals surface area (Å²) in [5.74, 6) is 0.579. The van der Waals surface area contributed by atoms with Gasteiger partial charge in [-0.2, -0.15) is 0 Å². The van der Waals surface area contributed by atoms with Crippen molar-refractivity contribution in [3.05, 3.63) is 0 Å². The largest absolute Gasteiger partial charge is 0.508 e. The van der Waals surface area contributed by atoms with Crippen molar-refractivity contribution in [2.75, 3.05) is 6.16 Å². The average molecular weight is 341 g/mol. The Morgan fingerprint density at radius 3 is 2.15 bits per heavy atom. The van der Waals surface area contributed by atoms with Crippen molar-refractivity contribution in [1.29, 1.82) is 0 Å². The van der Waals surface area contributed by atoms with Crippen molar-refractivity contribution in [3.8, 4) is 0 Å². The molecule has 0 aromatic rings. The van der Waals surface area contributed by atoms with E-state index in [2.05, 4.69) is 27.7 Å². The second-order valence-corrected chi connectivity index (χ2v) is 6.94. The molecule has 0 bridgehead atoms. The fourth-order valence-corrected chi connectivity index (χ4v) is 3.74. The maximum Gasteiger partial charge on any atom is 0.508 e. The van der Waals surface area contributed by atoms with Gasteiger partial charge in [0, 0.05) is 23.3 Å². The minimum Gasteiger partial charge on any atom is -0.143 e. The van der Waals surface area contributed by atoms with Crippen LogP contribution in [0.5, 0.6) is 0 Å². The van der Waals surface area contributed by atoms with Gasteiger partial charge in [-0.1, -0.05) is 59.3 Å². The number of rotatable bonds is 13. The van der Waals surface area contributed by atoms with Crippen LogP contribution in [-0.4, -0.2) is 12.3 Å². The van der Waals surface area contributed by atoms with Gasteiger partial charge in [0.05, 0.1) is 0 Å². The Bertz CT molecular complexity index is 225. The van der Waals surface area contributed by atoms with Crippen molar-refractivity contribution in [2.45, 2.75) is 91.6 Å². The van der Waals surface area contributed by atoms with Crippen LogP contribution in [0.4, 0.5) is 0 Å². The number of hydrogen-bond acceptors (Lipinski definition) is 2. The maximum absolute atomic E-state index is 12.0. The third-order valence-electron chi connectivity index (χ3n) is 3.71. The second-order valence-electron chi connectivity index (χ2n) is 5.70. The smallest absolute Gasteiger partial charge is 0.143 e. The van der Waals surface area contributed by atoms with Gasteiger partial charge in [-0.05, 0) is 30.8 Å². The van der Waals surface area contributed by atoms with E-state index in [0.717, 1.165) is 19.0 Å². The average Bonchev–Trinajstić information content (AvgIpc) is 2.39. The molecule has 0 fully saturated rings. The van der Waals surface area contributed by atoms with E-state index in [0.29, 0.717) is 5.92 Å². The monoisotopic (exact) mass is 341 g/mol. The van der Waals surface area contributed by atoms with E-state index in [1.807, 2.05) is 0 Å². The number of unbranched alkanes of at least 4 members (excludes halogenated alkanes) is 4. The standard InChI is InChI=1S/C16H34O2P.Cr/c1-5-8-10-11-12-15(4)18-19(17)14-16(7-3)13-9-6-2;/h15-16H,5-14H2,1-4H3;/q+1;. The van der Waals surface area contributed by atoms with E-state index < -0.39 is 8.03 Å². The van der Waals surface area contributed by atoms with Gasteiger partial charge in [0.15, 0.2) is 6.16 Å². The Hall–Kier alpha value is 0.592. The van der Waals surface area contributed by atoms with Crippen LogP contribution in [0.2, 0.25) is 0 Å². The summed E-state index contributed by atoms with van der Waals surface area (Å²) in [5, 5.41) is 0. The summed E-state index contributed by atoms with van der Waals surface area (Å²) >= 11 is 0. The molecule has 2 nitrogen and oxygen atoms in total. The molecule has 0 aliphatic heterocycles. The summed E-state index contributed by atoms with van der Waals surface area (Å²) in [6, 6.07) is 0. The van der Waals surface area contributed by atoms with E-state index in [9.17, 15) is 4.57 Å². The molecular weight excluding hydrogens is 307 g/mol. The summed E-state index contributed by atoms with van der Waals surface area (Å²) < 4.78 is 17.7. The van der Waals surface area contributed by atoms with E-state index in [-0.39, 0.29) is 23.5 Å². The molecule has 0 N–H and O–H groups in total. The third kappa shape index (κ3) is 13.6. The molecule has 0 amide bonds. The summed E-state index contributed by atoms with van der Waals surface area (Å²) in [6.45, 7) is 8.68. The molecule has 3 atom stereocenters. The minimum atomic E-state index is -1.46. The Labute approximate surface area is 138 Å². The summed E-state index contributed by atoms with van der Waals surface area (Å²) in [6.07, 6.45) is 11.8. The Morgan fingerprint density at radius 2 is 1.60 bits per heavy atom. The second kappa shape index (κ2) is 16.0. The quantitative estimate of drug-likeness (QED) is 0.289. The molecule has 0 aromatic carbocycles. The summed E-state index contributed by atoms with van der Waals surface area (Å²) in [4.78, 5) is 0. The molecule has 0 heterocycles. The van der Waals surface area contributed by atoms with Gasteiger partial charge in [0.1, 0.15) is 6.10 Å². The molecule has 120 valence electrons. The van der Waals surface area contributed by atoms with Gasteiger partial charge >= 0.3 is 8.03 Å². The third-order valence-corrected chi connectivity index (χ3v) is 5.12. The molecule has 3 unspecified atom stereocenters. The SMILES string of the molecule is CCCCCCC(C)O[P+](=O)CC(CC)CCCC.[Cr]. The normalized spacial score (nSPS) is 14.5. The first-order valence-corrected chi connectivity index (χ1v) is 9.61. The van der Waals surface area contributed by atoms with Crippen LogP contribution >= 0.6 is 8.03 Å². The molecule has 20 heavy (non-hydrogen) atoms. The molecule has 0 saturated carbocycles. The first-order valence-electron chi connectivity index (χ1n) is 8.25. The van der Waals surface area contributed by atoms with Crippen LogP contribution in [0, 0.1) is 5.92 Å². The van der Waals surface area contributed by atoms with Crippen molar-refractivity contribution in [2.24, 2.45) is 5.92 Å². The van der Waals surface area contributed by atoms with Gasteiger partial charge in [-0.15, -0.1) is 4.52 Å². The van der Waals surface area contributed by atoms with Gasteiger partial charge in [0.2, 0.25) is 0 Å². The first kappa shape index (κ1) is 22.9. The van der Waals surface area contributed by atoms with Crippen LogP contribution in [0.25, 0.3) is 0 Å². The van der Waals surface area contributed by atoms with Crippen LogP contribution in [0.3, 0.4) is 0 Å². The molecule has 0 aliphatic rings. The van der Waals surface area contributed by atoms with Crippen molar-refractivity contribution in [3.63, 3.8) is 0 Å². The van der Waals surface area contributed by atoms with Gasteiger partial charge < -0.3 is 0 Å². The maximum atomic E-state index is 12.0. The molecule has 0 saturated heterocycles. The molecule has 0 aliphatic carbocycles. The van der Waals surface area contributed by atoms with E-state index in [1.54, 1.807) is 0 Å². The van der Waals surface area contributed by atoms with Gasteiger partial charge in [-0.25, -0.2) is 0 Å². The molecular formula is C16H34CrO2P+. The molecule has 0 aromatic heterocycles. The van der Waals surface area contributed by atoms with Crippen LogP contribution < -0.4 is 0 Å². The number of hydrogen-bond donors (Lipinski definition) is 0. The molecule has 0 spiro atoms. The van der Waals surface area contributed by atoms with E-state index >= 15 is 0 Å². The fraction of sp³-hybridized carbons (Fsp3) is 1.00. The zero-order chi connectivity index (χ0) is 14.5. The van der Waals surface area contributed by atoms with Crippen LogP contribution in [0.15, 0.2) is 0 Å². The van der Waals surface area contributed by atoms with Crippen molar-refractivity contribution < 1.29 is 26.4 Å². The zero-order valence-corrected chi connectivity index (χ0v) is 16.1. The van der Waals surface area contributed by atoms with Crippen LogP contribution in [0.1, 0.15) is 85.5 Å². The van der Waals surface area contributed by atoms with Crippen molar-refractivity contribution in [1.82, 2.24) is 0 Å². The van der Waals surface area contributed by atoms with Crippen molar-refractivity contribution >= 4 is 8.03 Å². The van der Waals surface area contributed by atoms with Gasteiger partial charge in [-0.3, -0.25) is 0 Å². The van der Waals surface area contributed by atoms with E-state index in [1.165, 1.54) is 44.9 Å². The van der Waals surface area contributed by atoms with E-state index in [4.69, 9.17) is 4.52 Å². The topological polar surface area (TPSA) is 26.3 Å². The Balaban J connectivity index is 0. The molecule has 0 radical (unpaired) electrons. The summed E-state index contributed by atoms with van der Waals surface area (Å²) in [7, 11) is -1.46. The zero-order valence-electron chi connectivity index (χ0n) is 13.9. The van der Waals surface area contributed by atoms with Crippen LogP contribution in [-0.2, 0) is 26.4 Å². The Kier molecular flexibility index (Phi) is 18.3. The summed E-state index contributed by atoms with van der Waals surface area (Å²) in [5.41, 5.74) is 0. The van der Waals surface area contributed by atoms with Gasteiger partial charge in [0.25, 0.3) is 0 Å². The Morgan fingerprint density at radius 1 is 0.950 bits per heavy atom.